The van der Waals surface area contributed by atoms with Crippen molar-refractivity contribution in [3.63, 3.8) is 0 Å². The van der Waals surface area contributed by atoms with Crippen LogP contribution in [-0.4, -0.2) is 42.5 Å². The van der Waals surface area contributed by atoms with Crippen molar-refractivity contribution < 1.29 is 24.2 Å². The predicted octanol–water partition coefficient (Wildman–Crippen LogP) is 4.32. The number of aryl methyl sites for hydroxylation is 1. The van der Waals surface area contributed by atoms with Gasteiger partial charge in [0.2, 0.25) is 5.89 Å². The number of thiophene rings is 1. The van der Waals surface area contributed by atoms with E-state index in [9.17, 15) is 24.6 Å². The lowest BCUT2D eigenvalue weighted by Gasteiger charge is -2.27. The van der Waals surface area contributed by atoms with Crippen LogP contribution in [0.4, 0.5) is 0 Å². The largest absolute Gasteiger partial charge is 0.480 e. The second kappa shape index (κ2) is 10.4. The number of nitrogens with zero attached hydrogens (tertiary/aromatic N) is 3. The summed E-state index contributed by atoms with van der Waals surface area (Å²) >= 11 is 1.22. The zero-order chi connectivity index (χ0) is 29.1. The van der Waals surface area contributed by atoms with E-state index in [0.717, 1.165) is 35.8 Å². The van der Waals surface area contributed by atoms with E-state index in [-0.39, 0.29) is 24.1 Å². The number of carboxylic acids is 1. The van der Waals surface area contributed by atoms with Gasteiger partial charge in [0.1, 0.15) is 22.7 Å². The summed E-state index contributed by atoms with van der Waals surface area (Å²) in [6.45, 7) is 4.53. The minimum Gasteiger partial charge on any atom is -0.480 e. The molecule has 0 aliphatic heterocycles. The van der Waals surface area contributed by atoms with E-state index >= 15 is 0 Å². The van der Waals surface area contributed by atoms with Gasteiger partial charge in [-0.2, -0.15) is 0 Å². The van der Waals surface area contributed by atoms with Crippen LogP contribution in [0, 0.1) is 18.8 Å². The highest BCUT2D eigenvalue weighted by Crippen LogP contribution is 2.46. The third-order valence-corrected chi connectivity index (χ3v) is 10.0. The minimum absolute atomic E-state index is 0.0387. The molecular weight excluding hydrogens is 546 g/mol. The summed E-state index contributed by atoms with van der Waals surface area (Å²) in [7, 11) is 0. The quantitative estimate of drug-likeness (QED) is 0.315. The zero-order valence-corrected chi connectivity index (χ0v) is 24.0. The fraction of sp³-hybridized carbons (Fsp3) is 0.467. The SMILES string of the molecule is Cc1c(-c2ncco2)sc2c1c(=O)n(C(C)(C)C(=O)O)c(=O)n2CC(OC1C[C@H]2CC(O)C[C@H]2C1)c1ccccc1. The maximum absolute atomic E-state index is 14.1. The van der Waals surface area contributed by atoms with Gasteiger partial charge >= 0.3 is 11.7 Å². The van der Waals surface area contributed by atoms with Gasteiger partial charge in [0.15, 0.2) is 0 Å². The lowest BCUT2D eigenvalue weighted by molar-refractivity contribution is -0.146. The Morgan fingerprint density at radius 1 is 1.17 bits per heavy atom. The highest BCUT2D eigenvalue weighted by atomic mass is 32.1. The fourth-order valence-electron chi connectivity index (χ4n) is 6.57. The number of aliphatic carboxylic acids is 1. The van der Waals surface area contributed by atoms with Crippen LogP contribution < -0.4 is 11.2 Å². The third kappa shape index (κ3) is 4.75. The van der Waals surface area contributed by atoms with Gasteiger partial charge in [-0.05, 0) is 69.4 Å². The van der Waals surface area contributed by atoms with Gasteiger partial charge in [0.25, 0.3) is 5.56 Å². The minimum atomic E-state index is -1.80. The smallest absolute Gasteiger partial charge is 0.333 e. The number of aliphatic hydroxyl groups excluding tert-OH is 1. The highest BCUT2D eigenvalue weighted by molar-refractivity contribution is 7.22. The van der Waals surface area contributed by atoms with Crippen molar-refractivity contribution in [1.29, 1.82) is 0 Å². The summed E-state index contributed by atoms with van der Waals surface area (Å²) in [5, 5.41) is 20.4. The van der Waals surface area contributed by atoms with Crippen molar-refractivity contribution in [1.82, 2.24) is 14.1 Å². The summed E-state index contributed by atoms with van der Waals surface area (Å²) in [4.78, 5) is 45.5. The Morgan fingerprint density at radius 3 is 2.46 bits per heavy atom. The van der Waals surface area contributed by atoms with Gasteiger partial charge in [-0.3, -0.25) is 9.36 Å². The molecule has 3 aromatic heterocycles. The lowest BCUT2D eigenvalue weighted by Crippen LogP contribution is -2.52. The van der Waals surface area contributed by atoms with Gasteiger partial charge in [-0.15, -0.1) is 11.3 Å². The van der Waals surface area contributed by atoms with E-state index in [2.05, 4.69) is 4.98 Å². The second-order valence-corrected chi connectivity index (χ2v) is 12.7. The average Bonchev–Trinajstić information content (AvgIpc) is 3.70. The van der Waals surface area contributed by atoms with Crippen molar-refractivity contribution in [3.8, 4) is 10.8 Å². The number of benzene rings is 1. The molecule has 4 aromatic rings. The van der Waals surface area contributed by atoms with Crippen molar-refractivity contribution in [3.05, 3.63) is 74.8 Å². The van der Waals surface area contributed by atoms with Crippen LogP contribution in [0.3, 0.4) is 0 Å². The van der Waals surface area contributed by atoms with Crippen molar-refractivity contribution in [2.45, 2.75) is 76.9 Å². The molecule has 2 saturated carbocycles. The maximum Gasteiger partial charge on any atom is 0.333 e. The van der Waals surface area contributed by atoms with Crippen LogP contribution in [0.1, 0.15) is 56.8 Å². The number of hydrogen-bond acceptors (Lipinski definition) is 8. The van der Waals surface area contributed by atoms with E-state index in [0.29, 0.717) is 33.0 Å². The number of carboxylic acid groups (broad SMARTS) is 1. The first-order valence-electron chi connectivity index (χ1n) is 13.9. The molecular formula is C30H33N3O7S. The normalized spacial score (nSPS) is 23.2. The Balaban J connectivity index is 1.50. The molecule has 0 saturated heterocycles. The van der Waals surface area contributed by atoms with Crippen LogP contribution in [0.15, 0.2) is 56.8 Å². The maximum atomic E-state index is 14.1. The van der Waals surface area contributed by atoms with Gasteiger partial charge in [0, 0.05) is 0 Å². The van der Waals surface area contributed by atoms with Gasteiger partial charge in [-0.25, -0.2) is 19.1 Å². The molecule has 2 N–H and O–H groups in total. The first kappa shape index (κ1) is 27.6. The third-order valence-electron chi connectivity index (χ3n) is 8.75. The topological polar surface area (TPSA) is 137 Å². The molecule has 6 rings (SSSR count). The molecule has 0 spiro atoms. The number of aromatic nitrogens is 3. The van der Waals surface area contributed by atoms with Crippen molar-refractivity contribution in [2.24, 2.45) is 11.8 Å². The summed E-state index contributed by atoms with van der Waals surface area (Å²) in [6.07, 6.45) is 5.38. The van der Waals surface area contributed by atoms with Gasteiger partial charge in [-0.1, -0.05) is 30.3 Å². The first-order valence-corrected chi connectivity index (χ1v) is 14.7. The molecule has 10 nitrogen and oxygen atoms in total. The highest BCUT2D eigenvalue weighted by Gasteiger charge is 2.42. The molecule has 1 aromatic carbocycles. The molecule has 2 aliphatic carbocycles. The molecule has 0 radical (unpaired) electrons. The monoisotopic (exact) mass is 579 g/mol. The molecule has 41 heavy (non-hydrogen) atoms. The number of hydrogen-bond donors (Lipinski definition) is 2. The molecule has 11 heteroatoms. The second-order valence-electron chi connectivity index (χ2n) is 11.7. The van der Waals surface area contributed by atoms with E-state index in [1.807, 2.05) is 30.3 Å². The number of rotatable bonds is 8. The fourth-order valence-corrected chi connectivity index (χ4v) is 7.81. The molecule has 3 unspecified atom stereocenters. The average molecular weight is 580 g/mol. The first-order chi connectivity index (χ1) is 19.6. The molecule has 0 amide bonds. The predicted molar refractivity (Wildman–Crippen MR) is 153 cm³/mol. The zero-order valence-electron chi connectivity index (χ0n) is 23.1. The Labute approximate surface area is 239 Å². The Bertz CT molecular complexity index is 1690. The van der Waals surface area contributed by atoms with E-state index < -0.39 is 28.9 Å². The molecule has 2 aliphatic rings. The van der Waals surface area contributed by atoms with E-state index in [1.165, 1.54) is 42.2 Å². The number of ether oxygens (including phenoxy) is 1. The Kier molecular flexibility index (Phi) is 6.99. The Hall–Kier alpha value is -3.54. The van der Waals surface area contributed by atoms with Crippen LogP contribution in [0.2, 0.25) is 0 Å². The number of oxazole rings is 1. The van der Waals surface area contributed by atoms with Crippen LogP contribution in [-0.2, 0) is 21.6 Å². The molecule has 0 bridgehead atoms. The molecule has 216 valence electrons. The summed E-state index contributed by atoms with van der Waals surface area (Å²) < 4.78 is 14.6. The molecule has 5 atom stereocenters. The lowest BCUT2D eigenvalue weighted by atomic mass is 10.0. The van der Waals surface area contributed by atoms with Crippen molar-refractivity contribution >= 4 is 27.5 Å². The van der Waals surface area contributed by atoms with Crippen LogP contribution in [0.5, 0.6) is 0 Å². The Morgan fingerprint density at radius 2 is 1.85 bits per heavy atom. The summed E-state index contributed by atoms with van der Waals surface area (Å²) in [6, 6.07) is 9.62. The number of fused-ring (bicyclic) bond motifs is 2. The van der Waals surface area contributed by atoms with E-state index in [4.69, 9.17) is 9.15 Å². The van der Waals surface area contributed by atoms with E-state index in [1.54, 1.807) is 6.92 Å². The standard InChI is InChI=1S/C30H33N3O7S/c1-16-23-26(35)33(30(2,3)28(36)37)29(38)32(27(23)41-24(16)25-31-9-10-39-25)15-22(17-7-5-4-6-8-17)40-21-13-18-11-20(34)12-19(18)14-21/h4-10,18-22,34H,11-15H2,1-3H3,(H,36,37)/t18-,19+,20?,21?,22?. The summed E-state index contributed by atoms with van der Waals surface area (Å²) in [5.74, 6) is -0.134. The summed E-state index contributed by atoms with van der Waals surface area (Å²) in [5.41, 5.74) is -1.73. The molecule has 3 heterocycles. The number of carbonyl (C=O) groups is 1. The van der Waals surface area contributed by atoms with Gasteiger partial charge in [0.05, 0.1) is 35.2 Å². The van der Waals surface area contributed by atoms with Crippen molar-refractivity contribution in [2.75, 3.05) is 0 Å². The number of aliphatic hydroxyl groups is 1. The van der Waals surface area contributed by atoms with Crippen LogP contribution in [0.25, 0.3) is 21.0 Å². The van der Waals surface area contributed by atoms with Gasteiger partial charge < -0.3 is 19.4 Å². The molecule has 2 fully saturated rings. The van der Waals surface area contributed by atoms with Crippen LogP contribution >= 0.6 is 11.3 Å².